The van der Waals surface area contributed by atoms with E-state index in [1.807, 2.05) is 55.5 Å². The molecule has 1 aliphatic rings. The van der Waals surface area contributed by atoms with E-state index < -0.39 is 0 Å². The number of carbonyl (C=O) groups is 1. The smallest absolute Gasteiger partial charge is 0.150 e. The van der Waals surface area contributed by atoms with Gasteiger partial charge in [-0.05, 0) is 67.4 Å². The van der Waals surface area contributed by atoms with E-state index in [1.54, 1.807) is 0 Å². The molecule has 30 heavy (non-hydrogen) atoms. The van der Waals surface area contributed by atoms with E-state index in [2.05, 4.69) is 41.0 Å². The summed E-state index contributed by atoms with van der Waals surface area (Å²) in [6.07, 6.45) is 0.925. The Kier molecular flexibility index (Phi) is 6.15. The maximum Gasteiger partial charge on any atom is 0.150 e. The summed E-state index contributed by atoms with van der Waals surface area (Å²) < 4.78 is 5.91. The molecule has 0 bridgehead atoms. The van der Waals surface area contributed by atoms with Crippen molar-refractivity contribution in [3.8, 4) is 11.5 Å². The van der Waals surface area contributed by atoms with E-state index in [0.717, 1.165) is 55.1 Å². The topological polar surface area (TPSA) is 32.8 Å². The normalized spacial score (nSPS) is 15.6. The van der Waals surface area contributed by atoms with Crippen molar-refractivity contribution < 1.29 is 9.53 Å². The predicted octanol–water partition coefficient (Wildman–Crippen LogP) is 5.48. The number of anilines is 1. The number of benzene rings is 3. The number of aldehydes is 1. The highest BCUT2D eigenvalue weighted by Gasteiger charge is 2.22. The Morgan fingerprint density at radius 2 is 1.53 bits per heavy atom. The minimum atomic E-state index is 0.358. The van der Waals surface area contributed by atoms with Crippen LogP contribution in [0.25, 0.3) is 0 Å². The molecule has 0 radical (unpaired) electrons. The molecule has 0 aliphatic carbocycles. The quantitative estimate of drug-likeness (QED) is 0.513. The summed E-state index contributed by atoms with van der Waals surface area (Å²) >= 11 is 0. The molecule has 0 aromatic heterocycles. The van der Waals surface area contributed by atoms with Crippen LogP contribution < -0.4 is 9.64 Å². The van der Waals surface area contributed by atoms with Gasteiger partial charge >= 0.3 is 0 Å². The molecule has 154 valence electrons. The highest BCUT2D eigenvalue weighted by molar-refractivity contribution is 5.78. The monoisotopic (exact) mass is 400 g/mol. The van der Waals surface area contributed by atoms with E-state index in [-0.39, 0.29) is 0 Å². The Bertz CT molecular complexity index is 978. The molecule has 1 atom stereocenters. The lowest BCUT2D eigenvalue weighted by molar-refractivity contribution is 0.112. The van der Waals surface area contributed by atoms with Crippen molar-refractivity contribution in [3.63, 3.8) is 0 Å². The second kappa shape index (κ2) is 9.14. The van der Waals surface area contributed by atoms with Gasteiger partial charge in [0.1, 0.15) is 17.8 Å². The number of aryl methyl sites for hydroxylation is 1. The molecule has 3 aromatic carbocycles. The van der Waals surface area contributed by atoms with Crippen LogP contribution >= 0.6 is 0 Å². The number of ether oxygens (including phenoxy) is 1. The van der Waals surface area contributed by atoms with Gasteiger partial charge in [0.2, 0.25) is 0 Å². The second-order valence-corrected chi connectivity index (χ2v) is 7.84. The van der Waals surface area contributed by atoms with Gasteiger partial charge < -0.3 is 9.64 Å². The number of hydrogen-bond donors (Lipinski definition) is 0. The Morgan fingerprint density at radius 1 is 0.867 bits per heavy atom. The van der Waals surface area contributed by atoms with Crippen LogP contribution in [0, 0.1) is 6.92 Å². The Morgan fingerprint density at radius 3 is 2.17 bits per heavy atom. The summed E-state index contributed by atoms with van der Waals surface area (Å²) in [6.45, 7) is 8.26. The van der Waals surface area contributed by atoms with Crippen LogP contribution in [-0.4, -0.2) is 37.4 Å². The number of para-hydroxylation sites is 1. The molecular formula is C26H28N2O2. The zero-order chi connectivity index (χ0) is 20.9. The molecule has 0 N–H and O–H groups in total. The van der Waals surface area contributed by atoms with Gasteiger partial charge in [-0.1, -0.05) is 30.3 Å². The molecule has 1 fully saturated rings. The Hall–Kier alpha value is -3.11. The molecule has 1 aliphatic heterocycles. The van der Waals surface area contributed by atoms with Crippen molar-refractivity contribution in [2.24, 2.45) is 0 Å². The zero-order valence-electron chi connectivity index (χ0n) is 17.6. The fourth-order valence-electron chi connectivity index (χ4n) is 4.01. The average molecular weight is 401 g/mol. The van der Waals surface area contributed by atoms with E-state index >= 15 is 0 Å². The number of carbonyl (C=O) groups excluding carboxylic acids is 1. The fraction of sp³-hybridized carbons (Fsp3) is 0.269. The molecule has 1 heterocycles. The van der Waals surface area contributed by atoms with Gasteiger partial charge in [0.05, 0.1) is 0 Å². The Labute approximate surface area is 178 Å². The summed E-state index contributed by atoms with van der Waals surface area (Å²) in [7, 11) is 0. The number of rotatable bonds is 6. The van der Waals surface area contributed by atoms with Crippen molar-refractivity contribution in [1.29, 1.82) is 0 Å². The van der Waals surface area contributed by atoms with E-state index in [9.17, 15) is 4.79 Å². The summed E-state index contributed by atoms with van der Waals surface area (Å²) in [5.41, 5.74) is 4.31. The minimum Gasteiger partial charge on any atom is -0.457 e. The second-order valence-electron chi connectivity index (χ2n) is 7.84. The van der Waals surface area contributed by atoms with E-state index in [4.69, 9.17) is 4.74 Å². The lowest BCUT2D eigenvalue weighted by Crippen LogP contribution is -2.47. The van der Waals surface area contributed by atoms with Crippen molar-refractivity contribution in [1.82, 2.24) is 4.90 Å². The minimum absolute atomic E-state index is 0.358. The first-order valence-corrected chi connectivity index (χ1v) is 10.5. The van der Waals surface area contributed by atoms with Crippen LogP contribution in [0.3, 0.4) is 0 Å². The van der Waals surface area contributed by atoms with Crippen LogP contribution in [0.5, 0.6) is 11.5 Å². The molecule has 4 heteroatoms. The summed E-state index contributed by atoms with van der Waals surface area (Å²) in [4.78, 5) is 16.0. The van der Waals surface area contributed by atoms with Gasteiger partial charge in [-0.15, -0.1) is 0 Å². The SMILES string of the molecule is Cc1cc(N2CCN([C@@H](C)c3ccc(Oc4ccccc4)cc3)CC2)ccc1C=O. The third kappa shape index (κ3) is 4.55. The lowest BCUT2D eigenvalue weighted by Gasteiger charge is -2.39. The van der Waals surface area contributed by atoms with Crippen LogP contribution in [0.4, 0.5) is 5.69 Å². The average Bonchev–Trinajstić information content (AvgIpc) is 2.80. The predicted molar refractivity (Wildman–Crippen MR) is 122 cm³/mol. The third-order valence-electron chi connectivity index (χ3n) is 5.95. The maximum atomic E-state index is 11.1. The van der Waals surface area contributed by atoms with Gasteiger partial charge in [0, 0.05) is 43.5 Å². The molecule has 4 rings (SSSR count). The first-order valence-electron chi connectivity index (χ1n) is 10.5. The zero-order valence-corrected chi connectivity index (χ0v) is 17.6. The van der Waals surface area contributed by atoms with Crippen molar-refractivity contribution in [2.45, 2.75) is 19.9 Å². The van der Waals surface area contributed by atoms with Gasteiger partial charge in [-0.2, -0.15) is 0 Å². The highest BCUT2D eigenvalue weighted by Crippen LogP contribution is 2.27. The molecule has 0 unspecified atom stereocenters. The molecule has 1 saturated heterocycles. The number of hydrogen-bond acceptors (Lipinski definition) is 4. The molecule has 0 spiro atoms. The molecule has 3 aromatic rings. The number of nitrogens with zero attached hydrogens (tertiary/aromatic N) is 2. The van der Waals surface area contributed by atoms with E-state index in [0.29, 0.717) is 6.04 Å². The summed E-state index contributed by atoms with van der Waals surface area (Å²) in [6, 6.07) is 24.7. The molecular weight excluding hydrogens is 372 g/mol. The van der Waals surface area contributed by atoms with Crippen LogP contribution in [-0.2, 0) is 0 Å². The first-order chi connectivity index (χ1) is 14.6. The summed E-state index contributed by atoms with van der Waals surface area (Å²) in [5.74, 6) is 1.71. The van der Waals surface area contributed by atoms with Gasteiger partial charge in [0.25, 0.3) is 0 Å². The first kappa shape index (κ1) is 20.2. The van der Waals surface area contributed by atoms with Crippen LogP contribution in [0.15, 0.2) is 72.8 Å². The van der Waals surface area contributed by atoms with Crippen LogP contribution in [0.2, 0.25) is 0 Å². The van der Waals surface area contributed by atoms with Crippen LogP contribution in [0.1, 0.15) is 34.5 Å². The standard InChI is InChI=1S/C26H28N2O2/c1-20-18-24(11-8-23(20)19-29)28-16-14-27(15-17-28)21(2)22-9-12-26(13-10-22)30-25-6-4-3-5-7-25/h3-13,18-19,21H,14-17H2,1-2H3/t21-/m0/s1. The lowest BCUT2D eigenvalue weighted by atomic mass is 10.1. The molecule has 0 amide bonds. The molecule has 4 nitrogen and oxygen atoms in total. The fourth-order valence-corrected chi connectivity index (χ4v) is 4.01. The number of piperazine rings is 1. The largest absolute Gasteiger partial charge is 0.457 e. The molecule has 0 saturated carbocycles. The van der Waals surface area contributed by atoms with Crippen molar-refractivity contribution in [2.75, 3.05) is 31.1 Å². The Balaban J connectivity index is 1.35. The van der Waals surface area contributed by atoms with E-state index in [1.165, 1.54) is 11.3 Å². The van der Waals surface area contributed by atoms with Gasteiger partial charge in [-0.25, -0.2) is 0 Å². The van der Waals surface area contributed by atoms with Gasteiger partial charge in [0.15, 0.2) is 0 Å². The van der Waals surface area contributed by atoms with Gasteiger partial charge in [-0.3, -0.25) is 9.69 Å². The maximum absolute atomic E-state index is 11.1. The highest BCUT2D eigenvalue weighted by atomic mass is 16.5. The van der Waals surface area contributed by atoms with Crippen molar-refractivity contribution >= 4 is 12.0 Å². The van der Waals surface area contributed by atoms with Crippen molar-refractivity contribution in [3.05, 3.63) is 89.5 Å². The third-order valence-corrected chi connectivity index (χ3v) is 5.95. The summed E-state index contributed by atoms with van der Waals surface area (Å²) in [5, 5.41) is 0.